The minimum absolute atomic E-state index is 0.0183. The summed E-state index contributed by atoms with van der Waals surface area (Å²) in [5, 5.41) is 0. The van der Waals surface area contributed by atoms with Gasteiger partial charge in [-0.1, -0.05) is 233 Å². The number of rotatable bonds is 49. The molecule has 0 bridgehead atoms. The Bertz CT molecular complexity index is 1310. The number of ether oxygens (including phenoxy) is 3. The van der Waals surface area contributed by atoms with Crippen LogP contribution in [-0.4, -0.2) is 37.9 Å². The first-order chi connectivity index (χ1) is 32.6. The molecule has 0 rings (SSSR count). The Morgan fingerprint density at radius 3 is 1.18 bits per heavy atom. The summed E-state index contributed by atoms with van der Waals surface area (Å²) < 4.78 is 17.3. The van der Waals surface area contributed by atoms with Crippen molar-refractivity contribution in [1.82, 2.24) is 0 Å². The third-order valence-electron chi connectivity index (χ3n) is 11.3. The van der Waals surface area contributed by atoms with Gasteiger partial charge in [0.25, 0.3) is 0 Å². The van der Waals surface area contributed by atoms with Gasteiger partial charge in [0.1, 0.15) is 6.61 Å². The fourth-order valence-corrected chi connectivity index (χ4v) is 7.30. The van der Waals surface area contributed by atoms with Crippen LogP contribution in [0.3, 0.4) is 0 Å². The normalized spacial score (nSPS) is 13.1. The molecule has 0 saturated heterocycles. The highest BCUT2D eigenvalue weighted by Crippen LogP contribution is 2.14. The van der Waals surface area contributed by atoms with Crippen LogP contribution in [-0.2, 0) is 23.8 Å². The maximum Gasteiger partial charge on any atom is 0.309 e. The summed E-state index contributed by atoms with van der Waals surface area (Å²) >= 11 is 0. The first kappa shape index (κ1) is 62.6. The molecule has 0 aliphatic rings. The van der Waals surface area contributed by atoms with Crippen molar-refractivity contribution in [2.75, 3.05) is 19.8 Å². The van der Waals surface area contributed by atoms with Crippen molar-refractivity contribution in [3.63, 3.8) is 0 Å². The summed E-state index contributed by atoms with van der Waals surface area (Å²) in [6.07, 6.45) is 77.1. The highest BCUT2D eigenvalue weighted by Gasteiger charge is 2.17. The van der Waals surface area contributed by atoms with Gasteiger partial charge in [0, 0.05) is 13.0 Å². The second-order valence-electron chi connectivity index (χ2n) is 17.7. The monoisotopic (exact) mass is 915 g/mol. The first-order valence-electron chi connectivity index (χ1n) is 27.4. The van der Waals surface area contributed by atoms with Crippen LogP contribution in [0.15, 0.2) is 109 Å². The molecule has 0 spiro atoms. The number of esters is 2. The quantitative estimate of drug-likeness (QED) is 0.0346. The van der Waals surface area contributed by atoms with Crippen molar-refractivity contribution in [3.05, 3.63) is 109 Å². The molecule has 0 aromatic carbocycles. The molecule has 0 aromatic heterocycles. The predicted octanol–water partition coefficient (Wildman–Crippen LogP) is 18.8. The fraction of sp³-hybridized carbons (Fsp3) is 0.672. The zero-order valence-electron chi connectivity index (χ0n) is 43.2. The molecule has 0 saturated carbocycles. The smallest absolute Gasteiger partial charge is 0.309 e. The molecule has 1 unspecified atom stereocenters. The lowest BCUT2D eigenvalue weighted by molar-refractivity contribution is -0.162. The van der Waals surface area contributed by atoms with E-state index in [0.717, 1.165) is 89.9 Å². The van der Waals surface area contributed by atoms with Crippen molar-refractivity contribution in [2.24, 2.45) is 0 Å². The topological polar surface area (TPSA) is 61.8 Å². The van der Waals surface area contributed by atoms with Crippen LogP contribution in [0.25, 0.3) is 0 Å². The van der Waals surface area contributed by atoms with Gasteiger partial charge < -0.3 is 14.2 Å². The molecule has 5 heteroatoms. The van der Waals surface area contributed by atoms with E-state index < -0.39 is 6.10 Å². The Morgan fingerprint density at radius 2 is 0.727 bits per heavy atom. The molecule has 0 fully saturated rings. The van der Waals surface area contributed by atoms with Gasteiger partial charge >= 0.3 is 11.9 Å². The second kappa shape index (κ2) is 55.9. The minimum Gasteiger partial charge on any atom is -0.461 e. The van der Waals surface area contributed by atoms with Crippen molar-refractivity contribution in [3.8, 4) is 0 Å². The van der Waals surface area contributed by atoms with Crippen LogP contribution in [0.1, 0.15) is 239 Å². The van der Waals surface area contributed by atoms with E-state index in [4.69, 9.17) is 14.2 Å². The number of hydrogen-bond acceptors (Lipinski definition) is 5. The van der Waals surface area contributed by atoms with Gasteiger partial charge in [0.05, 0.1) is 13.0 Å². The zero-order valence-corrected chi connectivity index (χ0v) is 43.2. The molecule has 0 N–H and O–H groups in total. The van der Waals surface area contributed by atoms with Crippen LogP contribution >= 0.6 is 0 Å². The molecule has 0 heterocycles. The molecule has 0 aliphatic heterocycles. The van der Waals surface area contributed by atoms with E-state index in [-0.39, 0.29) is 31.6 Å². The highest BCUT2D eigenvalue weighted by atomic mass is 16.6. The van der Waals surface area contributed by atoms with E-state index in [1.807, 2.05) is 12.2 Å². The van der Waals surface area contributed by atoms with Crippen molar-refractivity contribution >= 4 is 11.9 Å². The van der Waals surface area contributed by atoms with Crippen LogP contribution in [0.2, 0.25) is 0 Å². The summed E-state index contributed by atoms with van der Waals surface area (Å²) in [5.41, 5.74) is 0. The molecule has 5 nitrogen and oxygen atoms in total. The third-order valence-corrected chi connectivity index (χ3v) is 11.3. The predicted molar refractivity (Wildman–Crippen MR) is 288 cm³/mol. The van der Waals surface area contributed by atoms with Gasteiger partial charge in [-0.25, -0.2) is 0 Å². The van der Waals surface area contributed by atoms with E-state index in [0.29, 0.717) is 13.0 Å². The van der Waals surface area contributed by atoms with E-state index >= 15 is 0 Å². The molecular formula is C61H102O5. The molecule has 1 atom stereocenters. The lowest BCUT2D eigenvalue weighted by atomic mass is 10.1. The largest absolute Gasteiger partial charge is 0.461 e. The summed E-state index contributed by atoms with van der Waals surface area (Å²) in [6.45, 7) is 7.47. The van der Waals surface area contributed by atoms with Crippen molar-refractivity contribution in [1.29, 1.82) is 0 Å². The number of hydrogen-bond donors (Lipinski definition) is 0. The van der Waals surface area contributed by atoms with Crippen LogP contribution < -0.4 is 0 Å². The Labute approximate surface area is 408 Å². The average molecular weight is 915 g/mol. The summed E-state index contributed by atoms with van der Waals surface area (Å²) in [6, 6.07) is 0. The second-order valence-corrected chi connectivity index (χ2v) is 17.7. The Kier molecular flexibility index (Phi) is 53.0. The minimum atomic E-state index is -0.592. The lowest BCUT2D eigenvalue weighted by Gasteiger charge is -2.18. The van der Waals surface area contributed by atoms with Crippen LogP contribution in [0, 0.1) is 0 Å². The van der Waals surface area contributed by atoms with Gasteiger partial charge in [-0.3, -0.25) is 9.59 Å². The summed E-state index contributed by atoms with van der Waals surface area (Å²) in [5.74, 6) is -0.566. The van der Waals surface area contributed by atoms with E-state index in [2.05, 4.69) is 118 Å². The molecule has 66 heavy (non-hydrogen) atoms. The van der Waals surface area contributed by atoms with Crippen LogP contribution in [0.5, 0.6) is 0 Å². The van der Waals surface area contributed by atoms with E-state index in [1.54, 1.807) is 0 Å². The van der Waals surface area contributed by atoms with Gasteiger partial charge in [-0.05, 0) is 103 Å². The van der Waals surface area contributed by atoms with Crippen LogP contribution in [0.4, 0.5) is 0 Å². The molecular weight excluding hydrogens is 813 g/mol. The number of carbonyl (C=O) groups is 2. The molecule has 0 amide bonds. The third kappa shape index (κ3) is 53.2. The molecule has 0 radical (unpaired) electrons. The van der Waals surface area contributed by atoms with Crippen molar-refractivity contribution < 1.29 is 23.8 Å². The first-order valence-corrected chi connectivity index (χ1v) is 27.4. The summed E-state index contributed by atoms with van der Waals surface area (Å²) in [4.78, 5) is 25.4. The number of carbonyl (C=O) groups excluding carboxylic acids is 2. The Balaban J connectivity index is 4.39. The Morgan fingerprint density at radius 1 is 0.364 bits per heavy atom. The van der Waals surface area contributed by atoms with Gasteiger partial charge in [-0.2, -0.15) is 0 Å². The maximum absolute atomic E-state index is 12.8. The number of unbranched alkanes of at least 4 members (excludes halogenated alkanes) is 21. The van der Waals surface area contributed by atoms with Gasteiger partial charge in [-0.15, -0.1) is 0 Å². The van der Waals surface area contributed by atoms with E-state index in [1.165, 1.54) is 116 Å². The highest BCUT2D eigenvalue weighted by molar-refractivity contribution is 5.71. The zero-order chi connectivity index (χ0) is 47.7. The van der Waals surface area contributed by atoms with Crippen molar-refractivity contribution in [2.45, 2.75) is 245 Å². The fourth-order valence-electron chi connectivity index (χ4n) is 7.30. The molecule has 0 aliphatic carbocycles. The SMILES string of the molecule is CC/C=C\C/C=C\C/C=C\C/C=C\C/C=C\CC(=O)OCC(COCCCCCCCCCCCC/C=C\CCCCCCCC)OC(=O)CCCCCCC/C=C\C/C=C\C/C=C\CC. The van der Waals surface area contributed by atoms with E-state index in [9.17, 15) is 9.59 Å². The lowest BCUT2D eigenvalue weighted by Crippen LogP contribution is -2.30. The average Bonchev–Trinajstić information content (AvgIpc) is 3.32. The Hall–Kier alpha value is -3.44. The maximum atomic E-state index is 12.8. The number of allylic oxidation sites excluding steroid dienone is 17. The van der Waals surface area contributed by atoms with Gasteiger partial charge in [0.15, 0.2) is 6.10 Å². The molecule has 376 valence electrons. The summed E-state index contributed by atoms with van der Waals surface area (Å²) in [7, 11) is 0. The molecule has 0 aromatic rings. The van der Waals surface area contributed by atoms with Gasteiger partial charge in [0.2, 0.25) is 0 Å². The standard InChI is InChI=1S/C61H102O5/c1-4-7-10-13-16-19-22-25-28-29-30-31-32-35-38-41-44-47-50-53-56-64-57-59(66-61(63)55-52-49-46-43-40-37-34-27-24-21-18-15-12-9-6-3)58-65-60(62)54-51-48-45-42-39-36-33-26-23-20-17-14-11-8-5-2/h8-9,11-12,17-18,20-21,25-28,33-34,39,42,48,51,59H,4-7,10,13-16,19,22-24,29-32,35-38,40-41,43-47,49-50,52-58H2,1-3H3/b11-8-,12-9-,20-17-,21-18-,28-25-,33-26-,34-27-,42-39-,51-48-.